The molecule has 0 bridgehead atoms. The van der Waals surface area contributed by atoms with Gasteiger partial charge in [-0.15, -0.1) is 0 Å². The van der Waals surface area contributed by atoms with Crippen LogP contribution in [0, 0.1) is 13.8 Å². The Bertz CT molecular complexity index is 1110. The molecule has 0 amide bonds. The van der Waals surface area contributed by atoms with Crippen molar-refractivity contribution in [3.05, 3.63) is 102 Å². The van der Waals surface area contributed by atoms with Crippen LogP contribution in [0.3, 0.4) is 0 Å². The Morgan fingerprint density at radius 3 is 1.97 bits per heavy atom. The van der Waals surface area contributed by atoms with Crippen molar-refractivity contribution in [2.45, 2.75) is 40.5 Å². The largest absolute Gasteiger partial charge is 0.493 e. The van der Waals surface area contributed by atoms with Crippen molar-refractivity contribution in [2.24, 2.45) is 0 Å². The highest BCUT2D eigenvalue weighted by Crippen LogP contribution is 2.30. The maximum atomic E-state index is 5.93. The number of benzene rings is 3. The molecule has 33 heavy (non-hydrogen) atoms. The van der Waals surface area contributed by atoms with Crippen LogP contribution >= 0.6 is 0 Å². The van der Waals surface area contributed by atoms with Gasteiger partial charge in [0.05, 0.1) is 14.2 Å². The van der Waals surface area contributed by atoms with E-state index in [4.69, 9.17) is 14.2 Å². The van der Waals surface area contributed by atoms with Crippen molar-refractivity contribution in [1.29, 1.82) is 0 Å². The van der Waals surface area contributed by atoms with E-state index in [1.165, 1.54) is 11.1 Å². The number of hydrogen-bond donors (Lipinski definition) is 0. The lowest BCUT2D eigenvalue weighted by atomic mass is 10.0. The van der Waals surface area contributed by atoms with Gasteiger partial charge in [0.2, 0.25) is 0 Å². The first-order chi connectivity index (χ1) is 15.7. The Kier molecular flexibility index (Phi) is 9.35. The third-order valence-corrected chi connectivity index (χ3v) is 5.32. The minimum absolute atomic E-state index is 0.530. The van der Waals surface area contributed by atoms with Crippen molar-refractivity contribution in [1.82, 2.24) is 0 Å². The quantitative estimate of drug-likeness (QED) is 0.344. The highest BCUT2D eigenvalue weighted by Gasteiger charge is 2.07. The second-order valence-corrected chi connectivity index (χ2v) is 8.42. The van der Waals surface area contributed by atoms with Crippen molar-refractivity contribution in [2.75, 3.05) is 14.2 Å². The molecular weight excluding hydrogens is 408 g/mol. The van der Waals surface area contributed by atoms with Gasteiger partial charge in [0, 0.05) is 5.56 Å². The van der Waals surface area contributed by atoms with E-state index >= 15 is 0 Å². The van der Waals surface area contributed by atoms with Gasteiger partial charge < -0.3 is 14.2 Å². The molecule has 0 saturated heterocycles. The maximum Gasteiger partial charge on any atom is 0.161 e. The van der Waals surface area contributed by atoms with E-state index in [9.17, 15) is 0 Å². The molecule has 0 aliphatic heterocycles. The zero-order valence-electron chi connectivity index (χ0n) is 21.0. The molecule has 0 aliphatic rings. The molecule has 3 aromatic rings. The van der Waals surface area contributed by atoms with Crippen LogP contribution in [0.5, 0.6) is 17.2 Å². The van der Waals surface area contributed by atoms with Gasteiger partial charge >= 0.3 is 0 Å². The Hall–Kier alpha value is -3.46. The van der Waals surface area contributed by atoms with Gasteiger partial charge in [-0.3, -0.25) is 0 Å². The predicted molar refractivity (Wildman–Crippen MR) is 140 cm³/mol. The van der Waals surface area contributed by atoms with Crippen LogP contribution in [0.2, 0.25) is 0 Å². The Morgan fingerprint density at radius 2 is 1.42 bits per heavy atom. The second-order valence-electron chi connectivity index (χ2n) is 8.42. The topological polar surface area (TPSA) is 27.7 Å². The standard InChI is InChI=1S/C19H22O.C11H14O2/c1-13(2)17-9-10-19(15(4)12-17)20-16(5)18-8-6-7-14(3)11-18;1-8(2)9-5-6-10(12-3)11(7-9)13-4/h6-13H,5H2,1-4H3;5-7H,1H2,2-4H3. The van der Waals surface area contributed by atoms with E-state index in [2.05, 4.69) is 65.1 Å². The minimum atomic E-state index is 0.530. The molecule has 174 valence electrons. The molecule has 3 nitrogen and oxygen atoms in total. The second kappa shape index (κ2) is 12.0. The summed E-state index contributed by atoms with van der Waals surface area (Å²) in [7, 11) is 3.25. The van der Waals surface area contributed by atoms with Crippen LogP contribution < -0.4 is 14.2 Å². The molecule has 0 fully saturated rings. The first kappa shape index (κ1) is 25.8. The monoisotopic (exact) mass is 444 g/mol. The van der Waals surface area contributed by atoms with Gasteiger partial charge in [-0.25, -0.2) is 0 Å². The smallest absolute Gasteiger partial charge is 0.161 e. The summed E-state index contributed by atoms with van der Waals surface area (Å²) in [6.45, 7) is 18.4. The van der Waals surface area contributed by atoms with Gasteiger partial charge in [-0.2, -0.15) is 0 Å². The Morgan fingerprint density at radius 1 is 0.758 bits per heavy atom. The SMILES string of the molecule is C=C(C)c1ccc(OC)c(OC)c1.C=C(Oc1ccc(C(C)C)cc1C)c1cccc(C)c1. The van der Waals surface area contributed by atoms with Crippen LogP contribution in [0.25, 0.3) is 11.3 Å². The van der Waals surface area contributed by atoms with E-state index in [1.54, 1.807) is 14.2 Å². The van der Waals surface area contributed by atoms with E-state index in [0.29, 0.717) is 11.7 Å². The molecule has 0 aliphatic carbocycles. The lowest BCUT2D eigenvalue weighted by Gasteiger charge is -2.14. The van der Waals surface area contributed by atoms with Crippen LogP contribution in [0.15, 0.2) is 73.8 Å². The van der Waals surface area contributed by atoms with Crippen LogP contribution in [0.1, 0.15) is 54.5 Å². The Labute approximate surface area is 199 Å². The number of aryl methyl sites for hydroxylation is 2. The summed E-state index contributed by atoms with van der Waals surface area (Å²) in [5.74, 6) is 3.58. The zero-order chi connectivity index (χ0) is 24.5. The molecule has 3 rings (SSSR count). The minimum Gasteiger partial charge on any atom is -0.493 e. The number of hydrogen-bond acceptors (Lipinski definition) is 3. The molecule has 0 saturated carbocycles. The summed E-state index contributed by atoms with van der Waals surface area (Å²) in [6.07, 6.45) is 0. The third-order valence-electron chi connectivity index (χ3n) is 5.32. The normalized spacial score (nSPS) is 10.2. The van der Waals surface area contributed by atoms with Crippen LogP contribution in [0.4, 0.5) is 0 Å². The first-order valence-electron chi connectivity index (χ1n) is 11.1. The fourth-order valence-corrected chi connectivity index (χ4v) is 3.26. The van der Waals surface area contributed by atoms with Crippen molar-refractivity contribution in [3.8, 4) is 17.2 Å². The van der Waals surface area contributed by atoms with Gasteiger partial charge in [0.15, 0.2) is 11.5 Å². The Balaban J connectivity index is 0.000000257. The van der Waals surface area contributed by atoms with E-state index in [-0.39, 0.29) is 0 Å². The van der Waals surface area contributed by atoms with E-state index in [0.717, 1.165) is 39.5 Å². The molecule has 0 aromatic heterocycles. The van der Waals surface area contributed by atoms with Crippen LogP contribution in [-0.2, 0) is 0 Å². The summed E-state index contributed by atoms with van der Waals surface area (Å²) in [5.41, 5.74) is 6.79. The van der Waals surface area contributed by atoms with Gasteiger partial charge in [-0.05, 0) is 67.6 Å². The number of methoxy groups -OCH3 is 2. The van der Waals surface area contributed by atoms with Gasteiger partial charge in [0.1, 0.15) is 11.5 Å². The summed E-state index contributed by atoms with van der Waals surface area (Å²) in [4.78, 5) is 0. The molecule has 0 unspecified atom stereocenters. The summed E-state index contributed by atoms with van der Waals surface area (Å²) >= 11 is 0. The molecular formula is C30H36O3. The highest BCUT2D eigenvalue weighted by molar-refractivity contribution is 5.64. The molecule has 0 radical (unpaired) electrons. The fraction of sp³-hybridized carbons (Fsp3) is 0.267. The maximum absolute atomic E-state index is 5.93. The molecule has 0 atom stereocenters. The number of allylic oxidation sites excluding steroid dienone is 1. The molecule has 0 spiro atoms. The summed E-state index contributed by atoms with van der Waals surface area (Å²) in [5, 5.41) is 0. The lowest BCUT2D eigenvalue weighted by molar-refractivity contribution is 0.355. The summed E-state index contributed by atoms with van der Waals surface area (Å²) < 4.78 is 16.2. The van der Waals surface area contributed by atoms with Gasteiger partial charge in [0.25, 0.3) is 0 Å². The van der Waals surface area contributed by atoms with Crippen molar-refractivity contribution in [3.63, 3.8) is 0 Å². The zero-order valence-corrected chi connectivity index (χ0v) is 21.0. The number of ether oxygens (including phenoxy) is 3. The third kappa shape index (κ3) is 7.28. The average Bonchev–Trinajstić information content (AvgIpc) is 2.80. The van der Waals surface area contributed by atoms with Gasteiger partial charge in [-0.1, -0.05) is 74.5 Å². The molecule has 3 heteroatoms. The predicted octanol–water partition coefficient (Wildman–Crippen LogP) is 8.21. The summed E-state index contributed by atoms with van der Waals surface area (Å²) in [6, 6.07) is 20.3. The highest BCUT2D eigenvalue weighted by atomic mass is 16.5. The van der Waals surface area contributed by atoms with Crippen molar-refractivity contribution >= 4 is 11.3 Å². The molecule has 3 aromatic carbocycles. The van der Waals surface area contributed by atoms with Crippen molar-refractivity contribution < 1.29 is 14.2 Å². The fourth-order valence-electron chi connectivity index (χ4n) is 3.26. The van der Waals surface area contributed by atoms with Crippen LogP contribution in [-0.4, -0.2) is 14.2 Å². The molecule has 0 heterocycles. The van der Waals surface area contributed by atoms with E-state index < -0.39 is 0 Å². The number of rotatable bonds is 7. The van der Waals surface area contributed by atoms with E-state index in [1.807, 2.05) is 43.3 Å². The molecule has 0 N–H and O–H groups in total. The average molecular weight is 445 g/mol. The first-order valence-corrected chi connectivity index (χ1v) is 11.1. The lowest BCUT2D eigenvalue weighted by Crippen LogP contribution is -1.97.